The third-order valence-electron chi connectivity index (χ3n) is 4.61. The maximum atomic E-state index is 12.6. The van der Waals surface area contributed by atoms with E-state index in [1.807, 2.05) is 13.8 Å². The predicted molar refractivity (Wildman–Crippen MR) is 109 cm³/mol. The molecule has 0 spiro atoms. The summed E-state index contributed by atoms with van der Waals surface area (Å²) >= 11 is 0. The van der Waals surface area contributed by atoms with Crippen molar-refractivity contribution in [1.82, 2.24) is 4.90 Å². The van der Waals surface area contributed by atoms with Gasteiger partial charge in [0, 0.05) is 12.2 Å². The molecule has 2 aromatic carbocycles. The summed E-state index contributed by atoms with van der Waals surface area (Å²) in [6.07, 6.45) is 0.129. The van der Waals surface area contributed by atoms with Crippen LogP contribution in [0.5, 0.6) is 11.5 Å². The van der Waals surface area contributed by atoms with Gasteiger partial charge in [0.1, 0.15) is 0 Å². The van der Waals surface area contributed by atoms with Crippen molar-refractivity contribution in [2.75, 3.05) is 26.1 Å². The van der Waals surface area contributed by atoms with Gasteiger partial charge in [-0.3, -0.25) is 19.3 Å². The highest BCUT2D eigenvalue weighted by Crippen LogP contribution is 2.29. The van der Waals surface area contributed by atoms with E-state index in [-0.39, 0.29) is 30.1 Å². The Morgan fingerprint density at radius 2 is 1.66 bits per heavy atom. The highest BCUT2D eigenvalue weighted by Gasteiger charge is 2.35. The second-order valence-electron chi connectivity index (χ2n) is 7.29. The first-order valence-corrected chi connectivity index (χ1v) is 9.35. The van der Waals surface area contributed by atoms with Gasteiger partial charge in [0.2, 0.25) is 5.91 Å². The zero-order valence-corrected chi connectivity index (χ0v) is 16.9. The molecule has 1 heterocycles. The van der Waals surface area contributed by atoms with Gasteiger partial charge in [0.15, 0.2) is 11.5 Å². The molecule has 3 amide bonds. The standard InChI is InChI=1S/C22H24N2O5/c1-13(2)12-24-21(26)16-7-6-15(11-17(16)22(24)27)23-20(25)10-14-5-8-18(28-3)19(9-14)29-4/h5-9,11,13H,10,12H2,1-4H3,(H,23,25). The van der Waals surface area contributed by atoms with Gasteiger partial charge in [-0.15, -0.1) is 0 Å². The van der Waals surface area contributed by atoms with E-state index in [0.29, 0.717) is 34.9 Å². The molecule has 7 heteroatoms. The fraction of sp³-hybridized carbons (Fsp3) is 0.318. The smallest absolute Gasteiger partial charge is 0.261 e. The number of fused-ring (bicyclic) bond motifs is 1. The fourth-order valence-corrected chi connectivity index (χ4v) is 3.28. The van der Waals surface area contributed by atoms with Gasteiger partial charge in [0.05, 0.1) is 31.8 Å². The zero-order chi connectivity index (χ0) is 21.1. The molecule has 0 saturated carbocycles. The van der Waals surface area contributed by atoms with Crippen LogP contribution in [0.25, 0.3) is 0 Å². The molecule has 0 aromatic heterocycles. The number of hydrogen-bond donors (Lipinski definition) is 1. The van der Waals surface area contributed by atoms with E-state index in [1.54, 1.807) is 43.5 Å². The lowest BCUT2D eigenvalue weighted by Gasteiger charge is -2.15. The number of imide groups is 1. The van der Waals surface area contributed by atoms with Crippen LogP contribution < -0.4 is 14.8 Å². The van der Waals surface area contributed by atoms with E-state index in [9.17, 15) is 14.4 Å². The summed E-state index contributed by atoms with van der Waals surface area (Å²) in [5.41, 5.74) is 1.92. The average molecular weight is 396 g/mol. The number of nitrogens with one attached hydrogen (secondary N) is 1. The molecule has 29 heavy (non-hydrogen) atoms. The Kier molecular flexibility index (Phi) is 5.87. The van der Waals surface area contributed by atoms with Crippen LogP contribution in [0.2, 0.25) is 0 Å². The number of nitrogens with zero attached hydrogens (tertiary/aromatic N) is 1. The van der Waals surface area contributed by atoms with E-state index in [2.05, 4.69) is 5.32 Å². The van der Waals surface area contributed by atoms with Crippen molar-refractivity contribution in [2.45, 2.75) is 20.3 Å². The molecule has 2 aromatic rings. The molecular weight excluding hydrogens is 372 g/mol. The van der Waals surface area contributed by atoms with Crippen molar-refractivity contribution >= 4 is 23.4 Å². The van der Waals surface area contributed by atoms with Crippen LogP contribution in [-0.4, -0.2) is 43.4 Å². The van der Waals surface area contributed by atoms with E-state index in [4.69, 9.17) is 9.47 Å². The van der Waals surface area contributed by atoms with Crippen LogP contribution in [0.15, 0.2) is 36.4 Å². The van der Waals surface area contributed by atoms with Crippen LogP contribution in [-0.2, 0) is 11.2 Å². The molecule has 0 fully saturated rings. The molecule has 1 aliphatic rings. The summed E-state index contributed by atoms with van der Waals surface area (Å²) in [6.45, 7) is 4.26. The Balaban J connectivity index is 1.72. The van der Waals surface area contributed by atoms with Gasteiger partial charge in [0.25, 0.3) is 11.8 Å². The minimum atomic E-state index is -0.324. The van der Waals surface area contributed by atoms with E-state index >= 15 is 0 Å². The molecule has 0 saturated heterocycles. The molecule has 7 nitrogen and oxygen atoms in total. The first-order chi connectivity index (χ1) is 13.8. The van der Waals surface area contributed by atoms with E-state index < -0.39 is 0 Å². The maximum Gasteiger partial charge on any atom is 0.261 e. The highest BCUT2D eigenvalue weighted by molar-refractivity contribution is 6.21. The third kappa shape index (κ3) is 4.23. The van der Waals surface area contributed by atoms with Crippen molar-refractivity contribution in [3.8, 4) is 11.5 Å². The van der Waals surface area contributed by atoms with Gasteiger partial charge >= 0.3 is 0 Å². The maximum absolute atomic E-state index is 12.6. The molecule has 0 unspecified atom stereocenters. The molecule has 152 valence electrons. The van der Waals surface area contributed by atoms with Crippen LogP contribution in [0, 0.1) is 5.92 Å². The quantitative estimate of drug-likeness (QED) is 0.727. The topological polar surface area (TPSA) is 84.9 Å². The molecule has 0 atom stereocenters. The normalized spacial score (nSPS) is 12.9. The lowest BCUT2D eigenvalue weighted by Crippen LogP contribution is -2.33. The molecule has 3 rings (SSSR count). The Morgan fingerprint density at radius 3 is 2.31 bits per heavy atom. The number of ether oxygens (including phenoxy) is 2. The lowest BCUT2D eigenvalue weighted by atomic mass is 10.1. The first kappa shape index (κ1) is 20.4. The molecule has 1 N–H and O–H groups in total. The third-order valence-corrected chi connectivity index (χ3v) is 4.61. The number of carbonyl (C=O) groups excluding carboxylic acids is 3. The number of amides is 3. The number of rotatable bonds is 7. The monoisotopic (exact) mass is 396 g/mol. The van der Waals surface area contributed by atoms with E-state index in [0.717, 1.165) is 5.56 Å². The second kappa shape index (κ2) is 8.34. The number of carbonyl (C=O) groups is 3. The number of hydrogen-bond acceptors (Lipinski definition) is 5. The fourth-order valence-electron chi connectivity index (χ4n) is 3.28. The number of anilines is 1. The van der Waals surface area contributed by atoms with Gasteiger partial charge in [-0.2, -0.15) is 0 Å². The Bertz CT molecular complexity index is 968. The Hall–Kier alpha value is -3.35. The van der Waals surface area contributed by atoms with Crippen molar-refractivity contribution in [1.29, 1.82) is 0 Å². The van der Waals surface area contributed by atoms with Crippen LogP contribution in [0.3, 0.4) is 0 Å². The Morgan fingerprint density at radius 1 is 0.966 bits per heavy atom. The largest absolute Gasteiger partial charge is 0.493 e. The van der Waals surface area contributed by atoms with Crippen molar-refractivity contribution < 1.29 is 23.9 Å². The number of methoxy groups -OCH3 is 2. The summed E-state index contributed by atoms with van der Waals surface area (Å²) in [5.74, 6) is 0.455. The first-order valence-electron chi connectivity index (χ1n) is 9.35. The van der Waals surface area contributed by atoms with E-state index in [1.165, 1.54) is 12.0 Å². The molecule has 0 aliphatic carbocycles. The van der Waals surface area contributed by atoms with Gasteiger partial charge < -0.3 is 14.8 Å². The molecule has 0 bridgehead atoms. The summed E-state index contributed by atoms with van der Waals surface area (Å²) in [6, 6.07) is 10.0. The average Bonchev–Trinajstić information content (AvgIpc) is 2.92. The molecule has 0 radical (unpaired) electrons. The highest BCUT2D eigenvalue weighted by atomic mass is 16.5. The van der Waals surface area contributed by atoms with Crippen LogP contribution in [0.1, 0.15) is 40.1 Å². The minimum absolute atomic E-state index is 0.129. The van der Waals surface area contributed by atoms with Crippen molar-refractivity contribution in [3.63, 3.8) is 0 Å². The van der Waals surface area contributed by atoms with Crippen LogP contribution >= 0.6 is 0 Å². The summed E-state index contributed by atoms with van der Waals surface area (Å²) in [7, 11) is 3.08. The zero-order valence-electron chi connectivity index (χ0n) is 16.9. The summed E-state index contributed by atoms with van der Waals surface area (Å²) in [5, 5.41) is 2.78. The number of benzene rings is 2. The van der Waals surface area contributed by atoms with Crippen LogP contribution in [0.4, 0.5) is 5.69 Å². The lowest BCUT2D eigenvalue weighted by molar-refractivity contribution is -0.115. The predicted octanol–water partition coefficient (Wildman–Crippen LogP) is 3.14. The van der Waals surface area contributed by atoms with Crippen molar-refractivity contribution in [2.24, 2.45) is 5.92 Å². The van der Waals surface area contributed by atoms with Gasteiger partial charge in [-0.25, -0.2) is 0 Å². The summed E-state index contributed by atoms with van der Waals surface area (Å²) in [4.78, 5) is 38.7. The molecular formula is C22H24N2O5. The minimum Gasteiger partial charge on any atom is -0.493 e. The second-order valence-corrected chi connectivity index (χ2v) is 7.29. The Labute approximate surface area is 169 Å². The summed E-state index contributed by atoms with van der Waals surface area (Å²) < 4.78 is 10.5. The van der Waals surface area contributed by atoms with Gasteiger partial charge in [-0.05, 0) is 41.8 Å². The van der Waals surface area contributed by atoms with Crippen molar-refractivity contribution in [3.05, 3.63) is 53.1 Å². The molecule has 1 aliphatic heterocycles. The SMILES string of the molecule is COc1ccc(CC(=O)Nc2ccc3c(c2)C(=O)N(CC(C)C)C3=O)cc1OC. The van der Waals surface area contributed by atoms with Gasteiger partial charge in [-0.1, -0.05) is 19.9 Å².